The van der Waals surface area contributed by atoms with E-state index in [9.17, 15) is 8.78 Å². The quantitative estimate of drug-likeness (QED) is 0.280. The van der Waals surface area contributed by atoms with E-state index in [0.717, 1.165) is 12.0 Å². The molecule has 0 nitrogen and oxygen atoms in total. The normalized spacial score (nSPS) is 10.3. The molecule has 0 aromatic heterocycles. The summed E-state index contributed by atoms with van der Waals surface area (Å²) in [5.74, 6) is 1.26. The average Bonchev–Trinajstić information content (AvgIpc) is 2.55. The molecule has 0 saturated carbocycles. The first-order valence-electron chi connectivity index (χ1n) is 7.52. The topological polar surface area (TPSA) is 0 Å². The van der Waals surface area contributed by atoms with Gasteiger partial charge in [-0.3, -0.25) is 0 Å². The lowest BCUT2D eigenvalue weighted by Crippen LogP contribution is -1.92. The number of unbranched alkanes of at least 4 members (excludes halogenated alkanes) is 2. The highest BCUT2D eigenvalue weighted by Crippen LogP contribution is 2.25. The number of benzene rings is 2. The molecule has 0 atom stereocenters. The fourth-order valence-corrected chi connectivity index (χ4v) is 2.84. The van der Waals surface area contributed by atoms with E-state index in [-0.39, 0.29) is 5.56 Å². The minimum absolute atomic E-state index is 0.172. The zero-order chi connectivity index (χ0) is 16.7. The predicted octanol–water partition coefficient (Wildman–Crippen LogP) is 6.76. The lowest BCUT2D eigenvalue weighted by atomic mass is 10.00. The molecule has 0 bridgehead atoms. The third-order valence-electron chi connectivity index (χ3n) is 3.61. The third-order valence-corrected chi connectivity index (χ3v) is 4.45. The molecule has 23 heavy (non-hydrogen) atoms. The van der Waals surface area contributed by atoms with Crippen LogP contribution < -0.4 is 0 Å². The van der Waals surface area contributed by atoms with Crippen LogP contribution in [-0.2, 0) is 6.42 Å². The number of halogens is 3. The van der Waals surface area contributed by atoms with Crippen molar-refractivity contribution in [2.45, 2.75) is 32.6 Å². The molecule has 2 rings (SSSR count). The molecule has 0 aliphatic carbocycles. The van der Waals surface area contributed by atoms with Crippen LogP contribution in [0.3, 0.4) is 0 Å². The highest BCUT2D eigenvalue weighted by molar-refractivity contribution is 14.2. The first kappa shape index (κ1) is 18.3. The van der Waals surface area contributed by atoms with E-state index < -0.39 is 11.6 Å². The standard InChI is InChI=1S/C19H17F2IS/c1-2-3-4-5-14-6-8-15(9-7-14)16-12-18(20)17(10-11-23-22)19(21)13-16/h6-9,12-13H,2-5H2,1H3. The van der Waals surface area contributed by atoms with Gasteiger partial charge in [0.2, 0.25) is 0 Å². The number of aryl methyl sites for hydroxylation is 1. The van der Waals surface area contributed by atoms with Crippen molar-refractivity contribution in [1.29, 1.82) is 0 Å². The third kappa shape index (κ3) is 5.22. The first-order chi connectivity index (χ1) is 11.2. The molecule has 2 aromatic rings. The molecule has 4 heteroatoms. The van der Waals surface area contributed by atoms with Gasteiger partial charge >= 0.3 is 0 Å². The molecule has 0 amide bonds. The van der Waals surface area contributed by atoms with E-state index in [2.05, 4.69) is 18.1 Å². The van der Waals surface area contributed by atoms with Crippen molar-refractivity contribution in [3.05, 3.63) is 59.2 Å². The number of hydrogen-bond donors (Lipinski definition) is 0. The van der Waals surface area contributed by atoms with Gasteiger partial charge in [0.1, 0.15) is 11.6 Å². The Labute approximate surface area is 152 Å². The summed E-state index contributed by atoms with van der Waals surface area (Å²) in [6.45, 7) is 2.18. The maximum absolute atomic E-state index is 14.1. The van der Waals surface area contributed by atoms with Gasteiger partial charge in [0, 0.05) is 21.2 Å². The van der Waals surface area contributed by atoms with Gasteiger partial charge in [-0.2, -0.15) is 0 Å². The second-order valence-corrected chi connectivity index (χ2v) is 6.95. The van der Waals surface area contributed by atoms with Gasteiger partial charge in [0.05, 0.1) is 5.56 Å². The Balaban J connectivity index is 2.22. The van der Waals surface area contributed by atoms with E-state index in [1.807, 2.05) is 45.5 Å². The van der Waals surface area contributed by atoms with Crippen LogP contribution >= 0.6 is 30.1 Å². The summed E-state index contributed by atoms with van der Waals surface area (Å²) in [5.41, 5.74) is 2.43. The van der Waals surface area contributed by atoms with Crippen molar-refractivity contribution in [3.63, 3.8) is 0 Å². The van der Waals surface area contributed by atoms with E-state index in [4.69, 9.17) is 0 Å². The van der Waals surface area contributed by atoms with Crippen LogP contribution in [0.5, 0.6) is 0 Å². The first-order valence-corrected chi connectivity index (χ1v) is 10.9. The Morgan fingerprint density at radius 1 is 1.00 bits per heavy atom. The molecule has 0 radical (unpaired) electrons. The molecule has 0 N–H and O–H groups in total. The highest BCUT2D eigenvalue weighted by Gasteiger charge is 2.10. The fourth-order valence-electron chi connectivity index (χ4n) is 2.37. The van der Waals surface area contributed by atoms with Crippen molar-refractivity contribution < 1.29 is 8.78 Å². The predicted molar refractivity (Wildman–Crippen MR) is 104 cm³/mol. The van der Waals surface area contributed by atoms with Crippen molar-refractivity contribution >= 4 is 30.1 Å². The molecule has 0 aliphatic rings. The van der Waals surface area contributed by atoms with Crippen LogP contribution in [0.15, 0.2) is 36.4 Å². The zero-order valence-electron chi connectivity index (χ0n) is 12.8. The Morgan fingerprint density at radius 2 is 1.65 bits per heavy atom. The van der Waals surface area contributed by atoms with Gasteiger partial charge in [-0.05, 0) is 61.8 Å². The van der Waals surface area contributed by atoms with E-state index >= 15 is 0 Å². The van der Waals surface area contributed by atoms with Gasteiger partial charge in [0.25, 0.3) is 0 Å². The van der Waals surface area contributed by atoms with Gasteiger partial charge < -0.3 is 0 Å². The van der Waals surface area contributed by atoms with Crippen molar-refractivity contribution in [1.82, 2.24) is 0 Å². The number of rotatable bonds is 5. The molecular formula is C19H17F2IS. The molecule has 0 aliphatic heterocycles. The smallest absolute Gasteiger partial charge is 0.142 e. The van der Waals surface area contributed by atoms with Crippen LogP contribution in [-0.4, -0.2) is 0 Å². The summed E-state index contributed by atoms with van der Waals surface area (Å²) in [7, 11) is 1.20. The monoisotopic (exact) mass is 442 g/mol. The molecule has 2 aromatic carbocycles. The van der Waals surface area contributed by atoms with Gasteiger partial charge in [0.15, 0.2) is 0 Å². The Kier molecular flexibility index (Phi) is 7.38. The summed E-state index contributed by atoms with van der Waals surface area (Å²) in [6, 6.07) is 10.6. The lowest BCUT2D eigenvalue weighted by Gasteiger charge is -2.06. The molecular weight excluding hydrogens is 425 g/mol. The summed E-state index contributed by atoms with van der Waals surface area (Å²) >= 11 is 1.97. The Hall–Kier alpha value is -1.06. The minimum Gasteiger partial charge on any atom is -0.205 e. The van der Waals surface area contributed by atoms with Gasteiger partial charge in [-0.15, -0.1) is 0 Å². The minimum atomic E-state index is -0.620. The molecule has 0 spiro atoms. The summed E-state index contributed by atoms with van der Waals surface area (Å²) < 4.78 is 28.1. The van der Waals surface area contributed by atoms with Crippen LogP contribution in [0, 0.1) is 22.8 Å². The largest absolute Gasteiger partial charge is 0.205 e. The van der Waals surface area contributed by atoms with Crippen molar-refractivity contribution in [2.24, 2.45) is 0 Å². The average molecular weight is 442 g/mol. The van der Waals surface area contributed by atoms with Crippen LogP contribution in [0.2, 0.25) is 0 Å². The Morgan fingerprint density at radius 3 is 2.22 bits per heavy atom. The molecule has 0 heterocycles. The Bertz CT molecular complexity index is 691. The van der Waals surface area contributed by atoms with Crippen LogP contribution in [0.1, 0.15) is 37.3 Å². The van der Waals surface area contributed by atoms with E-state index in [0.29, 0.717) is 5.56 Å². The molecule has 0 saturated heterocycles. The van der Waals surface area contributed by atoms with Crippen molar-refractivity contribution in [2.75, 3.05) is 0 Å². The molecule has 0 unspecified atom stereocenters. The lowest BCUT2D eigenvalue weighted by molar-refractivity contribution is 0.578. The molecule has 0 fully saturated rings. The zero-order valence-corrected chi connectivity index (χ0v) is 15.8. The molecule has 120 valence electrons. The highest BCUT2D eigenvalue weighted by atomic mass is 127. The SMILES string of the molecule is CCCCCc1ccc(-c2cc(F)c(C#CSI)c(F)c2)cc1. The van der Waals surface area contributed by atoms with E-state index in [1.165, 1.54) is 45.9 Å². The summed E-state index contributed by atoms with van der Waals surface area (Å²) in [6.07, 6.45) is 4.62. The summed E-state index contributed by atoms with van der Waals surface area (Å²) in [5, 5.41) is 2.61. The maximum atomic E-state index is 14.1. The van der Waals surface area contributed by atoms with Gasteiger partial charge in [-0.1, -0.05) is 44.0 Å². The second kappa shape index (κ2) is 9.29. The summed E-state index contributed by atoms with van der Waals surface area (Å²) in [4.78, 5) is 0. The van der Waals surface area contributed by atoms with Crippen LogP contribution in [0.25, 0.3) is 11.1 Å². The fraction of sp³-hybridized carbons (Fsp3) is 0.263. The second-order valence-electron chi connectivity index (χ2n) is 5.27. The van der Waals surface area contributed by atoms with E-state index in [1.54, 1.807) is 0 Å². The number of hydrogen-bond acceptors (Lipinski definition) is 1. The maximum Gasteiger partial charge on any atom is 0.142 e. The van der Waals surface area contributed by atoms with Gasteiger partial charge in [-0.25, -0.2) is 8.78 Å². The van der Waals surface area contributed by atoms with Crippen LogP contribution in [0.4, 0.5) is 8.78 Å². The van der Waals surface area contributed by atoms with Crippen molar-refractivity contribution in [3.8, 4) is 22.3 Å².